The second-order valence-electron chi connectivity index (χ2n) is 8.22. The molecule has 0 spiro atoms. The van der Waals surface area contributed by atoms with Gasteiger partial charge in [0, 0.05) is 0 Å². The Balaban J connectivity index is 0.000000687. The van der Waals surface area contributed by atoms with Crippen LogP contribution in [-0.4, -0.2) is 0 Å². The number of benzene rings is 4. The summed E-state index contributed by atoms with van der Waals surface area (Å²) in [5.41, 5.74) is 7.18. The number of hydrogen-bond acceptors (Lipinski definition) is 0. The summed E-state index contributed by atoms with van der Waals surface area (Å²) in [4.78, 5) is 0. The summed E-state index contributed by atoms with van der Waals surface area (Å²) in [6, 6.07) is 26.8. The van der Waals surface area contributed by atoms with Crippen LogP contribution in [0.25, 0.3) is 38.7 Å². The van der Waals surface area contributed by atoms with Gasteiger partial charge in [-0.15, -0.1) is 0 Å². The molecule has 0 aromatic heterocycles. The molecular formula is C27H24Cl2Zr. The van der Waals surface area contributed by atoms with Gasteiger partial charge in [-0.1, -0.05) is 92.2 Å². The van der Waals surface area contributed by atoms with Crippen LogP contribution >= 0.6 is 17.0 Å². The zero-order valence-electron chi connectivity index (χ0n) is 17.3. The van der Waals surface area contributed by atoms with Gasteiger partial charge in [0.05, 0.1) is 0 Å². The van der Waals surface area contributed by atoms with E-state index in [2.05, 4.69) is 92.7 Å². The zero-order chi connectivity index (χ0) is 21.1. The molecule has 4 aromatic rings. The number of fused-ring (bicyclic) bond motifs is 4. The normalized spacial score (nSPS) is 12.5. The Morgan fingerprint density at radius 2 is 1.47 bits per heavy atom. The molecule has 0 aliphatic heterocycles. The van der Waals surface area contributed by atoms with Crippen LogP contribution < -0.4 is 0 Å². The molecule has 3 heteroatoms. The van der Waals surface area contributed by atoms with Crippen LogP contribution in [0.1, 0.15) is 31.4 Å². The first kappa shape index (κ1) is 21.8. The molecule has 0 atom stereocenters. The first-order valence-electron chi connectivity index (χ1n) is 10.3. The Morgan fingerprint density at radius 3 is 2.20 bits per heavy atom. The molecule has 0 unspecified atom stereocenters. The van der Waals surface area contributed by atoms with Crippen molar-refractivity contribution in [1.82, 2.24) is 0 Å². The van der Waals surface area contributed by atoms with Crippen molar-refractivity contribution in [2.45, 2.75) is 26.7 Å². The van der Waals surface area contributed by atoms with Crippen LogP contribution in [0.5, 0.6) is 0 Å². The molecule has 0 amide bonds. The molecule has 0 bridgehead atoms. The molecule has 1 aliphatic carbocycles. The van der Waals surface area contributed by atoms with Crippen molar-refractivity contribution in [3.8, 4) is 11.1 Å². The van der Waals surface area contributed by atoms with E-state index in [-0.39, 0.29) is 0 Å². The number of allylic oxidation sites excluding steroid dienone is 1. The topological polar surface area (TPSA) is 0 Å². The third kappa shape index (κ3) is 4.45. The molecule has 0 radical (unpaired) electrons. The van der Waals surface area contributed by atoms with Gasteiger partial charge >= 0.3 is 37.9 Å². The van der Waals surface area contributed by atoms with Crippen molar-refractivity contribution < 1.29 is 20.8 Å². The Hall–Kier alpha value is -1.40. The number of halogens is 2. The molecule has 0 N–H and O–H groups in total. The van der Waals surface area contributed by atoms with Gasteiger partial charge in [0.2, 0.25) is 0 Å². The number of hydrogen-bond donors (Lipinski definition) is 0. The molecule has 0 heterocycles. The van der Waals surface area contributed by atoms with Crippen LogP contribution in [0.4, 0.5) is 0 Å². The van der Waals surface area contributed by atoms with E-state index in [0.717, 1.165) is 6.42 Å². The minimum absolute atomic E-state index is 0.704. The fourth-order valence-corrected chi connectivity index (χ4v) is 4.60. The monoisotopic (exact) mass is 508 g/mol. The van der Waals surface area contributed by atoms with E-state index in [0.29, 0.717) is 5.92 Å². The van der Waals surface area contributed by atoms with Gasteiger partial charge in [0.15, 0.2) is 0 Å². The summed E-state index contributed by atoms with van der Waals surface area (Å²) >= 11 is -0.826. The van der Waals surface area contributed by atoms with Crippen molar-refractivity contribution in [2.24, 2.45) is 5.92 Å². The van der Waals surface area contributed by atoms with E-state index in [1.54, 1.807) is 5.57 Å². The van der Waals surface area contributed by atoms with Gasteiger partial charge in [0.1, 0.15) is 0 Å². The average molecular weight is 511 g/mol. The van der Waals surface area contributed by atoms with Crippen LogP contribution in [-0.2, 0) is 27.3 Å². The Morgan fingerprint density at radius 1 is 0.800 bits per heavy atom. The maximum atomic E-state index is 4.93. The summed E-state index contributed by atoms with van der Waals surface area (Å²) < 4.78 is 0. The van der Waals surface area contributed by atoms with E-state index in [1.165, 1.54) is 50.2 Å². The summed E-state index contributed by atoms with van der Waals surface area (Å²) in [7, 11) is 9.87. The van der Waals surface area contributed by atoms with E-state index in [1.807, 2.05) is 0 Å². The van der Waals surface area contributed by atoms with Crippen molar-refractivity contribution in [1.29, 1.82) is 0 Å². The van der Waals surface area contributed by atoms with Crippen LogP contribution in [0, 0.1) is 5.92 Å². The van der Waals surface area contributed by atoms with E-state index in [9.17, 15) is 0 Å². The van der Waals surface area contributed by atoms with E-state index < -0.39 is 20.8 Å². The molecule has 5 rings (SSSR count). The third-order valence-corrected chi connectivity index (χ3v) is 5.69. The van der Waals surface area contributed by atoms with Crippen molar-refractivity contribution in [3.05, 3.63) is 89.5 Å². The van der Waals surface area contributed by atoms with Gasteiger partial charge in [-0.3, -0.25) is 0 Å². The molecule has 0 nitrogen and oxygen atoms in total. The summed E-state index contributed by atoms with van der Waals surface area (Å²) in [6.07, 6.45) is 4.74. The third-order valence-electron chi connectivity index (χ3n) is 5.69. The first-order chi connectivity index (χ1) is 14.6. The second kappa shape index (κ2) is 9.82. The van der Waals surface area contributed by atoms with Crippen LogP contribution in [0.2, 0.25) is 0 Å². The Labute approximate surface area is 197 Å². The molecule has 0 fully saturated rings. The fourth-order valence-electron chi connectivity index (χ4n) is 4.60. The molecule has 4 aromatic carbocycles. The summed E-state index contributed by atoms with van der Waals surface area (Å²) in [6.45, 7) is 4.61. The zero-order valence-corrected chi connectivity index (χ0v) is 21.2. The SMILES string of the molecule is CC(C)CC1=Cc2c(cccc2-c2cc3ccccc3c3ccccc23)C1.[Cl][Zr][Cl]. The first-order valence-corrected chi connectivity index (χ1v) is 16.6. The molecule has 0 saturated carbocycles. The fraction of sp³-hybridized carbons (Fsp3) is 0.185. The summed E-state index contributed by atoms with van der Waals surface area (Å²) in [5, 5.41) is 5.33. The maximum absolute atomic E-state index is 4.93. The van der Waals surface area contributed by atoms with Gasteiger partial charge in [0.25, 0.3) is 0 Å². The van der Waals surface area contributed by atoms with Gasteiger partial charge in [-0.05, 0) is 68.6 Å². The second-order valence-corrected chi connectivity index (χ2v) is 11.9. The van der Waals surface area contributed by atoms with E-state index >= 15 is 0 Å². The van der Waals surface area contributed by atoms with Gasteiger partial charge in [-0.25, -0.2) is 0 Å². The molecule has 1 aliphatic rings. The van der Waals surface area contributed by atoms with E-state index in [4.69, 9.17) is 17.0 Å². The predicted molar refractivity (Wildman–Crippen MR) is 130 cm³/mol. The molecule has 150 valence electrons. The van der Waals surface area contributed by atoms with Crippen molar-refractivity contribution in [3.63, 3.8) is 0 Å². The van der Waals surface area contributed by atoms with Crippen molar-refractivity contribution >= 4 is 44.6 Å². The Bertz CT molecular complexity index is 1220. The molecular weight excluding hydrogens is 486 g/mol. The van der Waals surface area contributed by atoms with Gasteiger partial charge in [-0.2, -0.15) is 0 Å². The molecule has 30 heavy (non-hydrogen) atoms. The summed E-state index contributed by atoms with van der Waals surface area (Å²) in [5.74, 6) is 0.704. The number of rotatable bonds is 3. The van der Waals surface area contributed by atoms with Crippen molar-refractivity contribution in [2.75, 3.05) is 0 Å². The average Bonchev–Trinajstić information content (AvgIpc) is 3.15. The molecule has 0 saturated heterocycles. The quantitative estimate of drug-likeness (QED) is 0.241. The van der Waals surface area contributed by atoms with Crippen LogP contribution in [0.3, 0.4) is 0 Å². The minimum atomic E-state index is -0.826. The standard InChI is InChI=1S/C27H24.2ClH.Zr/c1-18(2)14-19-15-20-9-7-13-25(26(20)16-19)27-17-21-8-3-4-10-22(21)23-11-5-6-12-24(23)27;;;/h3-13,16-18H,14-15H2,1-2H3;2*1H;/q;;;+2/p-2. The van der Waals surface area contributed by atoms with Crippen LogP contribution in [0.15, 0.2) is 78.4 Å². The Kier molecular flexibility index (Phi) is 7.14. The predicted octanol–water partition coefficient (Wildman–Crippen LogP) is 9.02. The van der Waals surface area contributed by atoms with Gasteiger partial charge < -0.3 is 0 Å².